The van der Waals surface area contributed by atoms with Crippen molar-refractivity contribution in [2.75, 3.05) is 4.90 Å². The molecule has 0 spiro atoms. The van der Waals surface area contributed by atoms with Crippen LogP contribution in [-0.2, 0) is 0 Å². The predicted molar refractivity (Wildman–Crippen MR) is 170 cm³/mol. The number of hydrogen-bond donors (Lipinski definition) is 0. The molecule has 0 aliphatic rings. The second-order valence-corrected chi connectivity index (χ2v) is 9.89. The average Bonchev–Trinajstić information content (AvgIpc) is 3.06. The van der Waals surface area contributed by atoms with Crippen LogP contribution in [0.25, 0.3) is 43.8 Å². The summed E-state index contributed by atoms with van der Waals surface area (Å²) in [6.07, 6.45) is 0. The van der Waals surface area contributed by atoms with Gasteiger partial charge in [-0.25, -0.2) is 4.98 Å². The van der Waals surface area contributed by atoms with E-state index in [0.717, 1.165) is 32.9 Å². The number of benzene rings is 6. The number of fused-ring (bicyclic) bond motifs is 2. The van der Waals surface area contributed by atoms with Gasteiger partial charge >= 0.3 is 0 Å². The molecule has 0 aliphatic carbocycles. The smallest absolute Gasteiger partial charge is 0.142 e. The summed E-state index contributed by atoms with van der Waals surface area (Å²) in [6.45, 7) is 0. The molecule has 3 nitrogen and oxygen atoms in total. The van der Waals surface area contributed by atoms with Crippen LogP contribution in [0.4, 0.5) is 17.2 Å². The number of aromatic nitrogens is 1. The average molecular weight is 524 g/mol. The zero-order chi connectivity index (χ0) is 27.6. The Bertz CT molecular complexity index is 2000. The van der Waals surface area contributed by atoms with Gasteiger partial charge in [-0.3, -0.25) is 4.90 Å². The summed E-state index contributed by atoms with van der Waals surface area (Å²) in [5.74, 6) is 0.697. The van der Waals surface area contributed by atoms with Crippen molar-refractivity contribution in [3.8, 4) is 28.3 Å². The number of rotatable bonds is 5. The molecule has 192 valence electrons. The Balaban J connectivity index is 1.61. The first-order valence-corrected chi connectivity index (χ1v) is 13.6. The number of pyridine rings is 1. The minimum absolute atomic E-state index is 0.380. The van der Waals surface area contributed by atoms with Crippen molar-refractivity contribution in [3.05, 3.63) is 157 Å². The second-order valence-electron chi connectivity index (χ2n) is 9.89. The molecular weight excluding hydrogens is 498 g/mol. The first kappa shape index (κ1) is 24.3. The van der Waals surface area contributed by atoms with Crippen molar-refractivity contribution < 1.29 is 0 Å². The highest BCUT2D eigenvalue weighted by Crippen LogP contribution is 2.48. The van der Waals surface area contributed by atoms with Crippen molar-refractivity contribution in [1.82, 2.24) is 4.98 Å². The topological polar surface area (TPSA) is 39.9 Å². The molecule has 0 saturated carbocycles. The normalized spacial score (nSPS) is 10.9. The number of nitriles is 1. The Morgan fingerprint density at radius 3 is 1.66 bits per heavy atom. The second kappa shape index (κ2) is 10.4. The minimum atomic E-state index is 0.380. The maximum Gasteiger partial charge on any atom is 0.142 e. The van der Waals surface area contributed by atoms with Gasteiger partial charge in [-0.2, -0.15) is 5.26 Å². The van der Waals surface area contributed by atoms with Crippen LogP contribution in [0.2, 0.25) is 0 Å². The van der Waals surface area contributed by atoms with E-state index >= 15 is 0 Å². The van der Waals surface area contributed by atoms with E-state index in [2.05, 4.69) is 126 Å². The lowest BCUT2D eigenvalue weighted by Gasteiger charge is -2.29. The fourth-order valence-corrected chi connectivity index (χ4v) is 5.77. The molecule has 1 aromatic heterocycles. The third-order valence-electron chi connectivity index (χ3n) is 7.50. The molecule has 0 amide bonds. The highest BCUT2D eigenvalue weighted by molar-refractivity contribution is 6.23. The van der Waals surface area contributed by atoms with E-state index in [1.54, 1.807) is 6.07 Å². The molecular formula is C38H25N3. The van der Waals surface area contributed by atoms with E-state index in [9.17, 15) is 5.26 Å². The Morgan fingerprint density at radius 2 is 1.02 bits per heavy atom. The molecule has 6 aromatic carbocycles. The third kappa shape index (κ3) is 4.29. The molecule has 0 N–H and O–H groups in total. The van der Waals surface area contributed by atoms with E-state index in [1.807, 2.05) is 30.3 Å². The zero-order valence-electron chi connectivity index (χ0n) is 22.3. The number of para-hydroxylation sites is 1. The summed E-state index contributed by atoms with van der Waals surface area (Å²) in [7, 11) is 0. The molecule has 1 heterocycles. The SMILES string of the molecule is N#Cc1cccc(N(c2ccccc2)c2c3ccccc3c(-c3ccccc3-c3ccccc3)c3ccccc23)n1. The minimum Gasteiger partial charge on any atom is -0.294 e. The van der Waals surface area contributed by atoms with Gasteiger partial charge in [-0.05, 0) is 57.3 Å². The maximum absolute atomic E-state index is 9.68. The molecule has 41 heavy (non-hydrogen) atoms. The molecule has 0 bridgehead atoms. The van der Waals surface area contributed by atoms with Crippen LogP contribution < -0.4 is 4.90 Å². The summed E-state index contributed by atoms with van der Waals surface area (Å²) in [4.78, 5) is 6.94. The molecule has 0 radical (unpaired) electrons. The van der Waals surface area contributed by atoms with E-state index in [1.165, 1.54) is 22.3 Å². The van der Waals surface area contributed by atoms with E-state index < -0.39 is 0 Å². The Hall–Kier alpha value is -5.72. The highest BCUT2D eigenvalue weighted by atomic mass is 15.2. The Morgan fingerprint density at radius 1 is 0.488 bits per heavy atom. The zero-order valence-corrected chi connectivity index (χ0v) is 22.3. The molecule has 7 rings (SSSR count). The fourth-order valence-electron chi connectivity index (χ4n) is 5.77. The van der Waals surface area contributed by atoms with Crippen molar-refractivity contribution >= 4 is 38.7 Å². The first-order chi connectivity index (χ1) is 20.3. The van der Waals surface area contributed by atoms with Crippen LogP contribution in [0, 0.1) is 11.3 Å². The van der Waals surface area contributed by atoms with Gasteiger partial charge in [0.15, 0.2) is 0 Å². The molecule has 0 aliphatic heterocycles. The van der Waals surface area contributed by atoms with Gasteiger partial charge in [-0.1, -0.05) is 127 Å². The number of hydrogen-bond acceptors (Lipinski definition) is 3. The van der Waals surface area contributed by atoms with Gasteiger partial charge in [0.1, 0.15) is 17.6 Å². The van der Waals surface area contributed by atoms with Crippen LogP contribution in [0.15, 0.2) is 152 Å². The van der Waals surface area contributed by atoms with E-state index in [4.69, 9.17) is 4.98 Å². The summed E-state index contributed by atoms with van der Waals surface area (Å²) in [5.41, 5.74) is 7.15. The molecule has 0 unspecified atom stereocenters. The lowest BCUT2D eigenvalue weighted by molar-refractivity contribution is 1.17. The lowest BCUT2D eigenvalue weighted by Crippen LogP contribution is -2.13. The standard InChI is InChI=1S/C38H25N3/c39-26-28-16-13-25-36(40-28)41(29-17-5-2-6-18-29)38-34-23-11-9-21-32(34)37(33-22-10-12-24-35(33)38)31-20-8-7-19-30(31)27-14-3-1-4-15-27/h1-25H. The first-order valence-electron chi connectivity index (χ1n) is 13.6. The molecule has 0 atom stereocenters. The van der Waals surface area contributed by atoms with Gasteiger partial charge in [0, 0.05) is 16.5 Å². The van der Waals surface area contributed by atoms with E-state index in [0.29, 0.717) is 11.5 Å². The fraction of sp³-hybridized carbons (Fsp3) is 0. The lowest BCUT2D eigenvalue weighted by atomic mass is 9.86. The molecule has 0 saturated heterocycles. The van der Waals surface area contributed by atoms with Gasteiger partial charge in [-0.15, -0.1) is 0 Å². The highest BCUT2D eigenvalue weighted by Gasteiger charge is 2.23. The van der Waals surface area contributed by atoms with Crippen molar-refractivity contribution in [2.24, 2.45) is 0 Å². The van der Waals surface area contributed by atoms with Crippen molar-refractivity contribution in [2.45, 2.75) is 0 Å². The monoisotopic (exact) mass is 523 g/mol. The molecule has 0 fully saturated rings. The summed E-state index contributed by atoms with van der Waals surface area (Å²) >= 11 is 0. The Kier molecular flexibility index (Phi) is 6.20. The van der Waals surface area contributed by atoms with Crippen LogP contribution in [0.1, 0.15) is 5.69 Å². The summed E-state index contributed by atoms with van der Waals surface area (Å²) in [5, 5.41) is 14.2. The largest absolute Gasteiger partial charge is 0.294 e. The van der Waals surface area contributed by atoms with Crippen molar-refractivity contribution in [1.29, 1.82) is 5.26 Å². The van der Waals surface area contributed by atoms with Gasteiger partial charge in [0.05, 0.1) is 5.69 Å². The quantitative estimate of drug-likeness (QED) is 0.211. The van der Waals surface area contributed by atoms with Crippen LogP contribution >= 0.6 is 0 Å². The van der Waals surface area contributed by atoms with Gasteiger partial charge in [0.2, 0.25) is 0 Å². The number of nitrogens with zero attached hydrogens (tertiary/aromatic N) is 3. The molecule has 7 aromatic rings. The van der Waals surface area contributed by atoms with E-state index in [-0.39, 0.29) is 0 Å². The summed E-state index contributed by atoms with van der Waals surface area (Å²) in [6, 6.07) is 54.5. The van der Waals surface area contributed by atoms with Crippen LogP contribution in [-0.4, -0.2) is 4.98 Å². The number of anilines is 3. The van der Waals surface area contributed by atoms with Gasteiger partial charge < -0.3 is 0 Å². The summed E-state index contributed by atoms with van der Waals surface area (Å²) < 4.78 is 0. The molecule has 3 heteroatoms. The van der Waals surface area contributed by atoms with Crippen molar-refractivity contribution in [3.63, 3.8) is 0 Å². The third-order valence-corrected chi connectivity index (χ3v) is 7.50. The Labute approximate surface area is 239 Å². The van der Waals surface area contributed by atoms with Crippen LogP contribution in [0.3, 0.4) is 0 Å². The predicted octanol–water partition coefficient (Wildman–Crippen LogP) is 10.1. The van der Waals surface area contributed by atoms with Crippen LogP contribution in [0.5, 0.6) is 0 Å². The van der Waals surface area contributed by atoms with Gasteiger partial charge in [0.25, 0.3) is 0 Å². The maximum atomic E-state index is 9.68.